The Bertz CT molecular complexity index is 1120. The molecule has 0 radical (unpaired) electrons. The van der Waals surface area contributed by atoms with E-state index in [1.54, 1.807) is 11.8 Å². The molecule has 180 valence electrons. The van der Waals surface area contributed by atoms with Gasteiger partial charge in [0.1, 0.15) is 0 Å². The molecule has 0 saturated carbocycles. The Hall–Kier alpha value is -2.64. The fraction of sp³-hybridized carbons (Fsp3) is 0.444. The number of nitrogens with one attached hydrogen (secondary N) is 2. The van der Waals surface area contributed by atoms with Crippen LogP contribution in [0.25, 0.3) is 10.9 Å². The van der Waals surface area contributed by atoms with Crippen LogP contribution in [-0.4, -0.2) is 61.1 Å². The molecule has 2 aromatic carbocycles. The van der Waals surface area contributed by atoms with Gasteiger partial charge in [-0.05, 0) is 49.7 Å². The SMILES string of the molecule is CCCCC(Cc1c[nH]c2ccccc12)N1c2ccc(N3CCN(C)CC3)cc2SC1NC=O. The van der Waals surface area contributed by atoms with Crippen molar-refractivity contribution in [3.63, 3.8) is 0 Å². The minimum absolute atomic E-state index is 0.0812. The molecule has 0 aliphatic carbocycles. The van der Waals surface area contributed by atoms with Gasteiger partial charge in [-0.25, -0.2) is 0 Å². The monoisotopic (exact) mass is 477 g/mol. The van der Waals surface area contributed by atoms with Crippen LogP contribution in [0.3, 0.4) is 0 Å². The zero-order valence-corrected chi connectivity index (χ0v) is 21.0. The number of thioether (sulfide) groups is 1. The second kappa shape index (κ2) is 10.3. The Labute approximate surface area is 206 Å². The highest BCUT2D eigenvalue weighted by Gasteiger charge is 2.35. The Kier molecular flexibility index (Phi) is 7.02. The highest BCUT2D eigenvalue weighted by molar-refractivity contribution is 8.00. The molecule has 7 heteroatoms. The number of para-hydroxylation sites is 1. The first-order valence-corrected chi connectivity index (χ1v) is 13.3. The van der Waals surface area contributed by atoms with E-state index in [-0.39, 0.29) is 5.50 Å². The number of carbonyl (C=O) groups excluding carboxylic acids is 1. The van der Waals surface area contributed by atoms with Gasteiger partial charge in [-0.2, -0.15) is 0 Å². The number of hydrogen-bond acceptors (Lipinski definition) is 5. The van der Waals surface area contributed by atoms with Gasteiger partial charge in [0.05, 0.1) is 5.69 Å². The molecular formula is C27H35N5OS. The average molecular weight is 478 g/mol. The van der Waals surface area contributed by atoms with E-state index in [0.717, 1.165) is 58.3 Å². The number of nitrogens with zero attached hydrogens (tertiary/aromatic N) is 3. The molecule has 5 rings (SSSR count). The number of aromatic amines is 1. The molecule has 34 heavy (non-hydrogen) atoms. The second-order valence-electron chi connectivity index (χ2n) is 9.46. The molecule has 1 aromatic heterocycles. The smallest absolute Gasteiger partial charge is 0.209 e. The first-order chi connectivity index (χ1) is 16.7. The maximum absolute atomic E-state index is 11.6. The highest BCUT2D eigenvalue weighted by atomic mass is 32.2. The standard InChI is InChI=1S/C27H35N5OS/c1-3-4-7-22(16-20-18-28-24-9-6-5-8-23(20)24)32-25-11-10-21(31-14-12-30(2)13-15-31)17-26(25)34-27(32)29-19-33/h5-6,8-11,17-19,22,27-28H,3-4,7,12-16H2,1-2H3,(H,29,33). The van der Waals surface area contributed by atoms with Crippen LogP contribution in [0, 0.1) is 0 Å². The van der Waals surface area contributed by atoms with Gasteiger partial charge in [-0.3, -0.25) is 4.79 Å². The third-order valence-electron chi connectivity index (χ3n) is 7.21. The molecule has 2 unspecified atom stereocenters. The van der Waals surface area contributed by atoms with Crippen molar-refractivity contribution in [2.45, 2.75) is 49.0 Å². The summed E-state index contributed by atoms with van der Waals surface area (Å²) < 4.78 is 0. The predicted molar refractivity (Wildman–Crippen MR) is 143 cm³/mol. The zero-order valence-electron chi connectivity index (χ0n) is 20.2. The lowest BCUT2D eigenvalue weighted by Gasteiger charge is -2.35. The van der Waals surface area contributed by atoms with Crippen LogP contribution < -0.4 is 15.1 Å². The first kappa shape index (κ1) is 23.1. The third-order valence-corrected chi connectivity index (χ3v) is 8.37. The fourth-order valence-electron chi connectivity index (χ4n) is 5.27. The Morgan fingerprint density at radius 3 is 2.79 bits per heavy atom. The molecule has 0 spiro atoms. The third kappa shape index (κ3) is 4.64. The molecule has 0 bridgehead atoms. The van der Waals surface area contributed by atoms with Crippen LogP contribution in [-0.2, 0) is 11.2 Å². The number of hydrogen-bond donors (Lipinski definition) is 2. The lowest BCUT2D eigenvalue weighted by molar-refractivity contribution is -0.109. The van der Waals surface area contributed by atoms with Crippen LogP contribution in [0.2, 0.25) is 0 Å². The van der Waals surface area contributed by atoms with E-state index in [0.29, 0.717) is 6.04 Å². The van der Waals surface area contributed by atoms with Gasteiger partial charge in [-0.1, -0.05) is 49.7 Å². The maximum Gasteiger partial charge on any atom is 0.209 e. The lowest BCUT2D eigenvalue weighted by atomic mass is 9.98. The van der Waals surface area contributed by atoms with E-state index >= 15 is 0 Å². The van der Waals surface area contributed by atoms with Gasteiger partial charge in [0.25, 0.3) is 0 Å². The van der Waals surface area contributed by atoms with Gasteiger partial charge in [-0.15, -0.1) is 0 Å². The van der Waals surface area contributed by atoms with Crippen LogP contribution >= 0.6 is 11.8 Å². The number of aromatic nitrogens is 1. The molecule has 2 N–H and O–H groups in total. The number of unbranched alkanes of at least 4 members (excludes halogenated alkanes) is 1. The molecule has 1 fully saturated rings. The number of anilines is 2. The van der Waals surface area contributed by atoms with Gasteiger partial charge in [0, 0.05) is 59.9 Å². The van der Waals surface area contributed by atoms with E-state index in [2.05, 4.69) is 87.6 Å². The quantitative estimate of drug-likeness (QED) is 0.439. The summed E-state index contributed by atoms with van der Waals surface area (Å²) in [5.74, 6) is 0. The van der Waals surface area contributed by atoms with Crippen molar-refractivity contribution in [3.05, 3.63) is 54.2 Å². The number of H-pyrrole nitrogens is 1. The summed E-state index contributed by atoms with van der Waals surface area (Å²) in [6.07, 6.45) is 7.37. The van der Waals surface area contributed by atoms with Crippen LogP contribution in [0.5, 0.6) is 0 Å². The van der Waals surface area contributed by atoms with Gasteiger partial charge >= 0.3 is 0 Å². The minimum atomic E-state index is -0.0812. The van der Waals surface area contributed by atoms with Crippen molar-refractivity contribution in [2.24, 2.45) is 0 Å². The average Bonchev–Trinajstić information content (AvgIpc) is 3.43. The van der Waals surface area contributed by atoms with E-state index in [1.807, 2.05) is 0 Å². The van der Waals surface area contributed by atoms with Crippen LogP contribution in [0.1, 0.15) is 31.7 Å². The largest absolute Gasteiger partial charge is 0.369 e. The number of rotatable bonds is 9. The summed E-state index contributed by atoms with van der Waals surface area (Å²) in [4.78, 5) is 23.6. The second-order valence-corrected chi connectivity index (χ2v) is 10.6. The summed E-state index contributed by atoms with van der Waals surface area (Å²) in [7, 11) is 2.19. The molecule has 2 aliphatic rings. The summed E-state index contributed by atoms with van der Waals surface area (Å²) in [6.45, 7) is 6.54. The van der Waals surface area contributed by atoms with Crippen molar-refractivity contribution in [3.8, 4) is 0 Å². The number of piperazine rings is 1. The zero-order chi connectivity index (χ0) is 23.5. The molecule has 6 nitrogen and oxygen atoms in total. The minimum Gasteiger partial charge on any atom is -0.369 e. The summed E-state index contributed by atoms with van der Waals surface area (Å²) in [5.41, 5.74) is 4.97. The van der Waals surface area contributed by atoms with E-state index in [1.165, 1.54) is 32.7 Å². The molecule has 2 aliphatic heterocycles. The van der Waals surface area contributed by atoms with Crippen molar-refractivity contribution >= 4 is 40.4 Å². The number of fused-ring (bicyclic) bond motifs is 2. The van der Waals surface area contributed by atoms with Crippen molar-refractivity contribution in [2.75, 3.05) is 43.0 Å². The van der Waals surface area contributed by atoms with E-state index in [9.17, 15) is 4.79 Å². The fourth-order valence-corrected chi connectivity index (χ4v) is 6.52. The molecular weight excluding hydrogens is 442 g/mol. The normalized spacial score (nSPS) is 19.4. The Balaban J connectivity index is 1.45. The number of carbonyl (C=O) groups is 1. The maximum atomic E-state index is 11.6. The highest BCUT2D eigenvalue weighted by Crippen LogP contribution is 2.46. The lowest BCUT2D eigenvalue weighted by Crippen LogP contribution is -2.47. The molecule has 1 saturated heterocycles. The van der Waals surface area contributed by atoms with Crippen LogP contribution in [0.15, 0.2) is 53.6 Å². The number of amides is 1. The van der Waals surface area contributed by atoms with E-state index < -0.39 is 0 Å². The Morgan fingerprint density at radius 2 is 2.00 bits per heavy atom. The molecule has 2 atom stereocenters. The number of likely N-dealkylation sites (N-methyl/N-ethyl adjacent to an activating group) is 1. The number of benzene rings is 2. The van der Waals surface area contributed by atoms with Crippen LogP contribution in [0.4, 0.5) is 11.4 Å². The van der Waals surface area contributed by atoms with Crippen molar-refractivity contribution in [1.82, 2.24) is 15.2 Å². The summed E-state index contributed by atoms with van der Waals surface area (Å²) in [5, 5.41) is 4.39. The topological polar surface area (TPSA) is 54.6 Å². The van der Waals surface area contributed by atoms with Crippen molar-refractivity contribution in [1.29, 1.82) is 0 Å². The van der Waals surface area contributed by atoms with Crippen molar-refractivity contribution < 1.29 is 4.79 Å². The Morgan fingerprint density at radius 1 is 1.18 bits per heavy atom. The first-order valence-electron chi connectivity index (χ1n) is 12.4. The summed E-state index contributed by atoms with van der Waals surface area (Å²) >= 11 is 1.76. The van der Waals surface area contributed by atoms with Gasteiger partial charge < -0.3 is 25.0 Å². The predicted octanol–water partition coefficient (Wildman–Crippen LogP) is 4.66. The molecule has 1 amide bonds. The molecule has 3 aromatic rings. The van der Waals surface area contributed by atoms with Gasteiger partial charge in [0.15, 0.2) is 5.50 Å². The van der Waals surface area contributed by atoms with E-state index in [4.69, 9.17) is 0 Å². The van der Waals surface area contributed by atoms with Gasteiger partial charge in [0.2, 0.25) is 6.41 Å². The summed E-state index contributed by atoms with van der Waals surface area (Å²) in [6, 6.07) is 15.7. The molecule has 3 heterocycles.